The van der Waals surface area contributed by atoms with Crippen LogP contribution in [0.5, 0.6) is 0 Å². The predicted molar refractivity (Wildman–Crippen MR) is 90.0 cm³/mol. The van der Waals surface area contributed by atoms with Crippen molar-refractivity contribution in [2.75, 3.05) is 11.9 Å². The van der Waals surface area contributed by atoms with Crippen LogP contribution in [-0.2, 0) is 16.1 Å². The fraction of sp³-hybridized carbons (Fsp3) is 0.235. The largest absolute Gasteiger partial charge is 0.467 e. The Morgan fingerprint density at radius 3 is 3.00 bits per heavy atom. The summed E-state index contributed by atoms with van der Waals surface area (Å²) in [6.07, 6.45) is 3.24. The first-order chi connectivity index (χ1) is 12.7. The van der Waals surface area contributed by atoms with Crippen LogP contribution in [0, 0.1) is 5.92 Å². The van der Waals surface area contributed by atoms with Crippen LogP contribution in [0.1, 0.15) is 12.2 Å². The molecule has 1 aromatic carbocycles. The Kier molecular flexibility index (Phi) is 4.18. The highest BCUT2D eigenvalue weighted by molar-refractivity contribution is 5.97. The highest BCUT2D eigenvalue weighted by Gasteiger charge is 2.34. The van der Waals surface area contributed by atoms with Crippen molar-refractivity contribution < 1.29 is 14.0 Å². The van der Waals surface area contributed by atoms with Crippen LogP contribution in [0.15, 0.2) is 53.4 Å². The summed E-state index contributed by atoms with van der Waals surface area (Å²) in [5.74, 6) is 0.0702. The van der Waals surface area contributed by atoms with Gasteiger partial charge in [0.15, 0.2) is 0 Å². The molecule has 1 fully saturated rings. The van der Waals surface area contributed by atoms with Gasteiger partial charge in [-0.05, 0) is 40.8 Å². The first-order valence-corrected chi connectivity index (χ1v) is 8.13. The minimum Gasteiger partial charge on any atom is -0.467 e. The number of hydrogen-bond donors (Lipinski definition) is 1. The van der Waals surface area contributed by atoms with Gasteiger partial charge in [-0.2, -0.15) is 0 Å². The molecule has 1 saturated heterocycles. The maximum atomic E-state index is 12.5. The second kappa shape index (κ2) is 6.79. The zero-order valence-corrected chi connectivity index (χ0v) is 13.8. The minimum atomic E-state index is -0.394. The Balaban J connectivity index is 1.41. The lowest BCUT2D eigenvalue weighted by atomic mass is 10.1. The Morgan fingerprint density at radius 1 is 1.31 bits per heavy atom. The molecule has 1 atom stereocenters. The summed E-state index contributed by atoms with van der Waals surface area (Å²) in [6.45, 7) is 0.752. The van der Waals surface area contributed by atoms with Gasteiger partial charge in [0, 0.05) is 18.7 Å². The van der Waals surface area contributed by atoms with Crippen LogP contribution in [0.25, 0.3) is 5.69 Å². The molecule has 4 rings (SSSR count). The van der Waals surface area contributed by atoms with Crippen molar-refractivity contribution in [2.24, 2.45) is 5.92 Å². The number of hydrogen-bond acceptors (Lipinski definition) is 6. The van der Waals surface area contributed by atoms with Gasteiger partial charge in [0.05, 0.1) is 24.4 Å². The molecule has 1 N–H and O–H groups in total. The Hall–Kier alpha value is -3.49. The number of tetrazole rings is 1. The van der Waals surface area contributed by atoms with Crippen LogP contribution < -0.4 is 5.32 Å². The number of benzene rings is 1. The van der Waals surface area contributed by atoms with Gasteiger partial charge in [-0.3, -0.25) is 9.59 Å². The number of nitrogens with zero attached hydrogens (tertiary/aromatic N) is 5. The van der Waals surface area contributed by atoms with E-state index in [1.807, 2.05) is 12.1 Å². The normalized spacial score (nSPS) is 16.8. The van der Waals surface area contributed by atoms with Crippen molar-refractivity contribution >= 4 is 17.5 Å². The van der Waals surface area contributed by atoms with E-state index in [9.17, 15) is 9.59 Å². The van der Waals surface area contributed by atoms with Gasteiger partial charge in [0.25, 0.3) is 0 Å². The lowest BCUT2D eigenvalue weighted by Crippen LogP contribution is -2.27. The molecule has 0 aliphatic carbocycles. The number of anilines is 1. The second-order valence-electron chi connectivity index (χ2n) is 6.05. The molecule has 2 amide bonds. The van der Waals surface area contributed by atoms with Crippen LogP contribution >= 0.6 is 0 Å². The topological polar surface area (TPSA) is 106 Å². The highest BCUT2D eigenvalue weighted by atomic mass is 16.3. The molecule has 9 heteroatoms. The van der Waals surface area contributed by atoms with Crippen molar-refractivity contribution in [2.45, 2.75) is 13.0 Å². The summed E-state index contributed by atoms with van der Waals surface area (Å²) >= 11 is 0. The van der Waals surface area contributed by atoms with Crippen LogP contribution in [0.2, 0.25) is 0 Å². The number of nitrogens with one attached hydrogen (secondary N) is 1. The molecule has 3 heterocycles. The predicted octanol–water partition coefficient (Wildman–Crippen LogP) is 1.24. The van der Waals surface area contributed by atoms with E-state index < -0.39 is 5.92 Å². The van der Waals surface area contributed by atoms with Gasteiger partial charge in [-0.1, -0.05) is 6.07 Å². The molecule has 1 aliphatic rings. The van der Waals surface area contributed by atoms with Crippen LogP contribution in [0.3, 0.4) is 0 Å². The maximum Gasteiger partial charge on any atom is 0.229 e. The molecule has 0 bridgehead atoms. The fourth-order valence-electron chi connectivity index (χ4n) is 2.94. The molecule has 0 spiro atoms. The molecule has 132 valence electrons. The Labute approximate surface area is 148 Å². The number of carbonyl (C=O) groups is 2. The van der Waals surface area contributed by atoms with Crippen LogP contribution in [-0.4, -0.2) is 43.5 Å². The van der Waals surface area contributed by atoms with E-state index in [0.717, 1.165) is 5.69 Å². The average molecular weight is 352 g/mol. The molecule has 9 nitrogen and oxygen atoms in total. The minimum absolute atomic E-state index is 0.0519. The molecule has 3 aromatic rings. The fourth-order valence-corrected chi connectivity index (χ4v) is 2.94. The number of amides is 2. The van der Waals surface area contributed by atoms with E-state index in [1.165, 1.54) is 11.0 Å². The van der Waals surface area contributed by atoms with Crippen LogP contribution in [0.4, 0.5) is 5.69 Å². The van der Waals surface area contributed by atoms with Gasteiger partial charge >= 0.3 is 0 Å². The quantitative estimate of drug-likeness (QED) is 0.740. The number of likely N-dealkylation sites (tertiary alicyclic amines) is 1. The number of carbonyl (C=O) groups excluding carboxylic acids is 2. The summed E-state index contributed by atoms with van der Waals surface area (Å²) in [4.78, 5) is 26.3. The number of aromatic nitrogens is 4. The van der Waals surface area contributed by atoms with E-state index in [2.05, 4.69) is 20.8 Å². The zero-order chi connectivity index (χ0) is 17.9. The first-order valence-electron chi connectivity index (χ1n) is 8.13. The molecule has 0 saturated carbocycles. The number of rotatable bonds is 5. The van der Waals surface area contributed by atoms with Gasteiger partial charge in [0.2, 0.25) is 11.8 Å². The Bertz CT molecular complexity index is 906. The van der Waals surface area contributed by atoms with E-state index in [4.69, 9.17) is 4.42 Å². The number of furan rings is 1. The van der Waals surface area contributed by atoms with Crippen molar-refractivity contribution in [3.05, 3.63) is 54.7 Å². The summed E-state index contributed by atoms with van der Waals surface area (Å²) in [6, 6.07) is 10.8. The van der Waals surface area contributed by atoms with E-state index >= 15 is 0 Å². The van der Waals surface area contributed by atoms with Crippen molar-refractivity contribution in [3.63, 3.8) is 0 Å². The summed E-state index contributed by atoms with van der Waals surface area (Å²) < 4.78 is 6.77. The highest BCUT2D eigenvalue weighted by Crippen LogP contribution is 2.22. The van der Waals surface area contributed by atoms with Crippen molar-refractivity contribution in [1.29, 1.82) is 0 Å². The SMILES string of the molecule is O=C(Nc1cccc(-n2cnnn2)c1)[C@@H]1CC(=O)N(Cc2ccco2)C1. The standard InChI is InChI=1S/C17H16N6O3/c24-16-7-12(9-22(16)10-15-5-2-6-26-15)17(25)19-13-3-1-4-14(8-13)23-11-18-20-21-23/h1-6,8,11-12H,7,9-10H2,(H,19,25)/t12-/m1/s1. The molecule has 26 heavy (non-hydrogen) atoms. The molecule has 0 radical (unpaired) electrons. The van der Waals surface area contributed by atoms with E-state index in [1.54, 1.807) is 35.4 Å². The lowest BCUT2D eigenvalue weighted by Gasteiger charge is -2.15. The third kappa shape index (κ3) is 3.32. The molecule has 0 unspecified atom stereocenters. The molecular formula is C17H16N6O3. The van der Waals surface area contributed by atoms with Crippen molar-refractivity contribution in [1.82, 2.24) is 25.1 Å². The van der Waals surface area contributed by atoms with Crippen molar-refractivity contribution in [3.8, 4) is 5.69 Å². The Morgan fingerprint density at radius 2 is 2.23 bits per heavy atom. The van der Waals surface area contributed by atoms with Gasteiger partial charge in [0.1, 0.15) is 12.1 Å². The third-order valence-corrected chi connectivity index (χ3v) is 4.24. The lowest BCUT2D eigenvalue weighted by molar-refractivity contribution is -0.128. The molecular weight excluding hydrogens is 336 g/mol. The maximum absolute atomic E-state index is 12.5. The zero-order valence-electron chi connectivity index (χ0n) is 13.8. The summed E-state index contributed by atoms with van der Waals surface area (Å²) in [5, 5.41) is 13.9. The smallest absolute Gasteiger partial charge is 0.229 e. The summed E-state index contributed by atoms with van der Waals surface area (Å²) in [5.41, 5.74) is 1.36. The monoisotopic (exact) mass is 352 g/mol. The summed E-state index contributed by atoms with van der Waals surface area (Å²) in [7, 11) is 0. The third-order valence-electron chi connectivity index (χ3n) is 4.24. The molecule has 2 aromatic heterocycles. The molecule has 1 aliphatic heterocycles. The second-order valence-corrected chi connectivity index (χ2v) is 6.05. The van der Waals surface area contributed by atoms with E-state index in [-0.39, 0.29) is 18.2 Å². The van der Waals surface area contributed by atoms with Gasteiger partial charge < -0.3 is 14.6 Å². The first kappa shape index (κ1) is 16.0. The average Bonchev–Trinajstić information content (AvgIpc) is 3.38. The van der Waals surface area contributed by atoms with E-state index in [0.29, 0.717) is 24.5 Å². The van der Waals surface area contributed by atoms with Gasteiger partial charge in [-0.15, -0.1) is 5.10 Å². The van der Waals surface area contributed by atoms with Gasteiger partial charge in [-0.25, -0.2) is 4.68 Å².